The number of amides is 1. The summed E-state index contributed by atoms with van der Waals surface area (Å²) in [6.07, 6.45) is 4.47. The van der Waals surface area contributed by atoms with Crippen LogP contribution in [0.1, 0.15) is 25.3 Å². The van der Waals surface area contributed by atoms with Crippen molar-refractivity contribution in [2.45, 2.75) is 19.8 Å². The second-order valence-electron chi connectivity index (χ2n) is 5.62. The molecule has 2 aromatic carbocycles. The molecule has 0 saturated heterocycles. The van der Waals surface area contributed by atoms with E-state index in [-0.39, 0.29) is 5.91 Å². The van der Waals surface area contributed by atoms with Crippen LogP contribution in [-0.4, -0.2) is 18.7 Å². The highest BCUT2D eigenvalue weighted by atomic mass is 35.5. The zero-order valence-corrected chi connectivity index (χ0v) is 15.9. The van der Waals surface area contributed by atoms with E-state index in [2.05, 4.69) is 10.5 Å². The lowest BCUT2D eigenvalue weighted by Crippen LogP contribution is -2.18. The second-order valence-corrected chi connectivity index (χ2v) is 6.46. The van der Waals surface area contributed by atoms with Crippen LogP contribution < -0.4 is 10.2 Å². The van der Waals surface area contributed by atoms with Crippen molar-refractivity contribution in [2.24, 2.45) is 5.10 Å². The van der Waals surface area contributed by atoms with Crippen LogP contribution in [-0.2, 0) is 4.79 Å². The third-order valence-electron chi connectivity index (χ3n) is 3.35. The summed E-state index contributed by atoms with van der Waals surface area (Å²) in [5.74, 6) is 0.385. The molecule has 2 rings (SSSR count). The number of benzene rings is 2. The summed E-state index contributed by atoms with van der Waals surface area (Å²) in [6, 6.07) is 14.9. The Morgan fingerprint density at radius 2 is 1.96 bits per heavy atom. The first-order chi connectivity index (χ1) is 12.5. The Morgan fingerprint density at radius 1 is 1.19 bits per heavy atom. The fraction of sp³-hybridized carbons (Fsp3) is 0.200. The third-order valence-corrected chi connectivity index (χ3v) is 3.88. The normalized spacial score (nSPS) is 11.6. The van der Waals surface area contributed by atoms with E-state index in [0.717, 1.165) is 11.1 Å². The van der Waals surface area contributed by atoms with Gasteiger partial charge in [-0.3, -0.25) is 4.79 Å². The standard InChI is InChI=1S/C20H20Cl2N2O2/c1-15(12-16-6-3-2-4-7-16)14-23-24-20(25)8-5-11-26-19-10-9-17(21)13-18(19)22/h2-4,6-7,9-10,12-14H,5,8,11H2,1H3,(H,24,25)/b15-12+,23-14+. The molecule has 26 heavy (non-hydrogen) atoms. The molecular formula is C20H20Cl2N2O2. The molecule has 0 spiro atoms. The molecule has 0 aliphatic rings. The van der Waals surface area contributed by atoms with Crippen molar-refractivity contribution in [2.75, 3.05) is 6.61 Å². The number of halogens is 2. The predicted molar refractivity (Wildman–Crippen MR) is 108 cm³/mol. The topological polar surface area (TPSA) is 50.7 Å². The van der Waals surface area contributed by atoms with Gasteiger partial charge in [0.15, 0.2) is 0 Å². The molecule has 0 aliphatic heterocycles. The number of nitrogens with one attached hydrogen (secondary N) is 1. The summed E-state index contributed by atoms with van der Waals surface area (Å²) in [5.41, 5.74) is 4.53. The predicted octanol–water partition coefficient (Wildman–Crippen LogP) is 5.36. The van der Waals surface area contributed by atoms with Crippen molar-refractivity contribution >= 4 is 41.4 Å². The van der Waals surface area contributed by atoms with E-state index in [1.807, 2.05) is 43.3 Å². The maximum Gasteiger partial charge on any atom is 0.240 e. The van der Waals surface area contributed by atoms with E-state index >= 15 is 0 Å². The number of hydrogen-bond acceptors (Lipinski definition) is 3. The molecule has 1 N–H and O–H groups in total. The summed E-state index contributed by atoms with van der Waals surface area (Å²) in [5, 5.41) is 4.96. The van der Waals surface area contributed by atoms with Gasteiger partial charge in [-0.2, -0.15) is 5.10 Å². The second kappa shape index (κ2) is 10.6. The average Bonchev–Trinajstić information content (AvgIpc) is 2.61. The molecule has 2 aromatic rings. The molecule has 0 radical (unpaired) electrons. The number of rotatable bonds is 8. The number of allylic oxidation sites excluding steroid dienone is 1. The van der Waals surface area contributed by atoms with Gasteiger partial charge in [-0.05, 0) is 42.7 Å². The average molecular weight is 391 g/mol. The first kappa shape index (κ1) is 20.0. The molecule has 4 nitrogen and oxygen atoms in total. The van der Waals surface area contributed by atoms with Crippen LogP contribution in [0.25, 0.3) is 6.08 Å². The molecule has 0 saturated carbocycles. The molecule has 1 amide bonds. The quantitative estimate of drug-likeness (QED) is 0.374. The Morgan fingerprint density at radius 3 is 2.69 bits per heavy atom. The van der Waals surface area contributed by atoms with Crippen LogP contribution in [0, 0.1) is 0 Å². The van der Waals surface area contributed by atoms with Crippen molar-refractivity contribution in [3.05, 3.63) is 69.7 Å². The maximum atomic E-state index is 11.8. The molecule has 0 atom stereocenters. The molecule has 0 bridgehead atoms. The Kier molecular flexibility index (Phi) is 8.19. The van der Waals surface area contributed by atoms with Crippen LogP contribution in [0.4, 0.5) is 0 Å². The Labute approximate surface area is 163 Å². The number of ether oxygens (including phenoxy) is 1. The zero-order valence-electron chi connectivity index (χ0n) is 14.4. The number of carbonyl (C=O) groups excluding carboxylic acids is 1. The summed E-state index contributed by atoms with van der Waals surface area (Å²) in [7, 11) is 0. The van der Waals surface area contributed by atoms with Crippen LogP contribution in [0.3, 0.4) is 0 Å². The van der Waals surface area contributed by atoms with Crippen molar-refractivity contribution in [3.8, 4) is 5.75 Å². The minimum atomic E-state index is -0.167. The molecule has 0 unspecified atom stereocenters. The van der Waals surface area contributed by atoms with E-state index in [4.69, 9.17) is 27.9 Å². The van der Waals surface area contributed by atoms with Crippen LogP contribution in [0.2, 0.25) is 10.0 Å². The van der Waals surface area contributed by atoms with Crippen molar-refractivity contribution < 1.29 is 9.53 Å². The lowest BCUT2D eigenvalue weighted by molar-refractivity contribution is -0.121. The Balaban J connectivity index is 1.68. The van der Waals surface area contributed by atoms with E-state index in [9.17, 15) is 4.79 Å². The molecule has 0 fully saturated rings. The van der Waals surface area contributed by atoms with Crippen molar-refractivity contribution in [1.29, 1.82) is 0 Å². The number of hydrazone groups is 1. The number of hydrogen-bond donors (Lipinski definition) is 1. The Bertz CT molecular complexity index is 790. The van der Waals surface area contributed by atoms with Crippen molar-refractivity contribution in [1.82, 2.24) is 5.43 Å². The fourth-order valence-electron chi connectivity index (χ4n) is 2.12. The third kappa shape index (κ3) is 7.30. The first-order valence-corrected chi connectivity index (χ1v) is 8.93. The molecular weight excluding hydrogens is 371 g/mol. The van der Waals surface area contributed by atoms with Gasteiger partial charge >= 0.3 is 0 Å². The highest BCUT2D eigenvalue weighted by Gasteiger charge is 2.04. The summed E-state index contributed by atoms with van der Waals surface area (Å²) in [6.45, 7) is 2.30. The summed E-state index contributed by atoms with van der Waals surface area (Å²) >= 11 is 11.8. The largest absolute Gasteiger partial charge is 0.492 e. The summed E-state index contributed by atoms with van der Waals surface area (Å²) in [4.78, 5) is 11.8. The van der Waals surface area contributed by atoms with E-state index in [1.165, 1.54) is 0 Å². The van der Waals surface area contributed by atoms with Crippen LogP contribution in [0.5, 0.6) is 5.75 Å². The Hall–Kier alpha value is -2.30. The van der Waals surface area contributed by atoms with E-state index in [0.29, 0.717) is 35.2 Å². The lowest BCUT2D eigenvalue weighted by atomic mass is 10.1. The van der Waals surface area contributed by atoms with Gasteiger partial charge in [0.25, 0.3) is 0 Å². The van der Waals surface area contributed by atoms with E-state index in [1.54, 1.807) is 24.4 Å². The molecule has 6 heteroatoms. The minimum absolute atomic E-state index is 0.167. The van der Waals surface area contributed by atoms with E-state index < -0.39 is 0 Å². The van der Waals surface area contributed by atoms with Gasteiger partial charge in [-0.1, -0.05) is 59.6 Å². The van der Waals surface area contributed by atoms with Gasteiger partial charge in [-0.25, -0.2) is 5.43 Å². The van der Waals surface area contributed by atoms with Crippen LogP contribution >= 0.6 is 23.2 Å². The first-order valence-electron chi connectivity index (χ1n) is 8.17. The maximum absolute atomic E-state index is 11.8. The minimum Gasteiger partial charge on any atom is -0.492 e. The SMILES string of the molecule is CC(/C=N/NC(=O)CCCOc1ccc(Cl)cc1Cl)=C\c1ccccc1. The van der Waals surface area contributed by atoms with Gasteiger partial charge in [0, 0.05) is 11.4 Å². The van der Waals surface area contributed by atoms with Gasteiger partial charge in [0.1, 0.15) is 5.75 Å². The molecule has 0 aromatic heterocycles. The fourth-order valence-corrected chi connectivity index (χ4v) is 2.58. The van der Waals surface area contributed by atoms with Gasteiger partial charge in [-0.15, -0.1) is 0 Å². The lowest BCUT2D eigenvalue weighted by Gasteiger charge is -2.07. The molecule has 0 aliphatic carbocycles. The highest BCUT2D eigenvalue weighted by molar-refractivity contribution is 6.35. The van der Waals surface area contributed by atoms with Crippen molar-refractivity contribution in [3.63, 3.8) is 0 Å². The van der Waals surface area contributed by atoms with Gasteiger partial charge in [0.05, 0.1) is 17.8 Å². The number of nitrogens with zero attached hydrogens (tertiary/aromatic N) is 1. The van der Waals surface area contributed by atoms with Gasteiger partial charge in [0.2, 0.25) is 5.91 Å². The van der Waals surface area contributed by atoms with Gasteiger partial charge < -0.3 is 4.74 Å². The monoisotopic (exact) mass is 390 g/mol. The summed E-state index contributed by atoms with van der Waals surface area (Å²) < 4.78 is 5.53. The highest BCUT2D eigenvalue weighted by Crippen LogP contribution is 2.27. The smallest absolute Gasteiger partial charge is 0.240 e. The number of carbonyl (C=O) groups is 1. The zero-order chi connectivity index (χ0) is 18.8. The molecule has 0 heterocycles. The van der Waals surface area contributed by atoms with Crippen LogP contribution in [0.15, 0.2) is 59.2 Å². The molecule has 136 valence electrons.